The lowest BCUT2D eigenvalue weighted by Crippen LogP contribution is -2.45. The van der Waals surface area contributed by atoms with Gasteiger partial charge in [-0.3, -0.25) is 14.4 Å². The zero-order valence-corrected chi connectivity index (χ0v) is 26.7. The maximum Gasteiger partial charge on any atom is 0.293 e. The Morgan fingerprint density at radius 3 is 2.45 bits per heavy atom. The summed E-state index contributed by atoms with van der Waals surface area (Å²) in [6.45, 7) is 2.97. The highest BCUT2D eigenvalue weighted by atomic mass is 16.3. The third-order valence-electron chi connectivity index (χ3n) is 9.73. The van der Waals surface area contributed by atoms with Crippen LogP contribution in [-0.4, -0.2) is 61.7 Å². The smallest absolute Gasteiger partial charge is 0.293 e. The second-order valence-corrected chi connectivity index (χ2v) is 13.2. The Labute approximate surface area is 273 Å². The number of aromatic nitrogens is 2. The van der Waals surface area contributed by atoms with Gasteiger partial charge in [0.05, 0.1) is 23.6 Å². The largest absolute Gasteiger partial charge is 0.392 e. The first-order chi connectivity index (χ1) is 22.6. The van der Waals surface area contributed by atoms with Crippen molar-refractivity contribution in [2.75, 3.05) is 29.9 Å². The number of nitrogens with one attached hydrogen (secondary N) is 1. The fourth-order valence-electron chi connectivity index (χ4n) is 6.67. The maximum absolute atomic E-state index is 13.7. The summed E-state index contributed by atoms with van der Waals surface area (Å²) < 4.78 is 1.43. The van der Waals surface area contributed by atoms with Crippen molar-refractivity contribution in [3.05, 3.63) is 105 Å². The first-order valence-electron chi connectivity index (χ1n) is 16.3. The molecule has 1 aromatic heterocycles. The molecule has 1 aliphatic carbocycles. The van der Waals surface area contributed by atoms with Gasteiger partial charge in [0.2, 0.25) is 0 Å². The molecular formula is C37H39N5O5. The molecule has 7 rings (SSSR count). The van der Waals surface area contributed by atoms with E-state index in [0.717, 1.165) is 12.0 Å². The molecule has 4 aromatic rings. The Hall–Kier alpha value is -4.80. The molecule has 2 aliphatic heterocycles. The molecule has 0 radical (unpaired) electrons. The van der Waals surface area contributed by atoms with Gasteiger partial charge in [0.25, 0.3) is 17.4 Å². The zero-order chi connectivity index (χ0) is 32.9. The first kappa shape index (κ1) is 30.8. The summed E-state index contributed by atoms with van der Waals surface area (Å²) in [5, 5.41) is 23.9. The number of benzene rings is 3. The first-order valence-corrected chi connectivity index (χ1v) is 16.3. The lowest BCUT2D eigenvalue weighted by Gasteiger charge is -2.35. The van der Waals surface area contributed by atoms with Crippen LogP contribution in [0, 0.1) is 0 Å². The summed E-state index contributed by atoms with van der Waals surface area (Å²) in [7, 11) is 1.64. The Morgan fingerprint density at radius 2 is 1.74 bits per heavy atom. The summed E-state index contributed by atoms with van der Waals surface area (Å²) in [5.41, 5.74) is 5.36. The number of hydrogen-bond acceptors (Lipinski definition) is 7. The van der Waals surface area contributed by atoms with E-state index in [1.54, 1.807) is 54.2 Å². The quantitative estimate of drug-likeness (QED) is 0.268. The van der Waals surface area contributed by atoms with Gasteiger partial charge in [-0.15, -0.1) is 0 Å². The van der Waals surface area contributed by atoms with Gasteiger partial charge in [0, 0.05) is 60.8 Å². The molecule has 2 fully saturated rings. The number of aliphatic hydroxyl groups excluding tert-OH is 1. The van der Waals surface area contributed by atoms with Gasteiger partial charge in [0.1, 0.15) is 0 Å². The van der Waals surface area contributed by atoms with Crippen LogP contribution in [0.1, 0.15) is 75.9 Å². The summed E-state index contributed by atoms with van der Waals surface area (Å²) in [6, 6.07) is 18.6. The van der Waals surface area contributed by atoms with Crippen LogP contribution >= 0.6 is 0 Å². The average Bonchev–Trinajstić information content (AvgIpc) is 3.92. The van der Waals surface area contributed by atoms with Crippen molar-refractivity contribution in [3.8, 4) is 11.3 Å². The predicted molar refractivity (Wildman–Crippen MR) is 180 cm³/mol. The van der Waals surface area contributed by atoms with E-state index in [2.05, 4.69) is 22.4 Å². The molecule has 10 nitrogen and oxygen atoms in total. The number of hydrogen-bond donors (Lipinski definition) is 3. The molecule has 3 N–H and O–H groups in total. The number of fused-ring (bicyclic) bond motifs is 1. The number of rotatable bonds is 7. The van der Waals surface area contributed by atoms with Crippen molar-refractivity contribution in [1.29, 1.82) is 0 Å². The fourth-order valence-corrected chi connectivity index (χ4v) is 6.67. The molecule has 0 atom stereocenters. The molecule has 242 valence electrons. The number of likely N-dealkylation sites (tertiary alicyclic amines) is 1. The van der Waals surface area contributed by atoms with Crippen molar-refractivity contribution in [2.45, 2.75) is 57.2 Å². The lowest BCUT2D eigenvalue weighted by molar-refractivity contribution is -0.00203. The summed E-state index contributed by atoms with van der Waals surface area (Å²) in [4.78, 5) is 48.0. The van der Waals surface area contributed by atoms with E-state index in [1.165, 1.54) is 23.0 Å². The van der Waals surface area contributed by atoms with Crippen molar-refractivity contribution >= 4 is 29.0 Å². The summed E-state index contributed by atoms with van der Waals surface area (Å²) >= 11 is 0. The predicted octanol–water partition coefficient (Wildman–Crippen LogP) is 4.75. The van der Waals surface area contributed by atoms with Crippen molar-refractivity contribution in [1.82, 2.24) is 14.5 Å². The van der Waals surface area contributed by atoms with Crippen LogP contribution in [0.5, 0.6) is 0 Å². The third kappa shape index (κ3) is 6.06. The molecule has 0 spiro atoms. The normalized spacial score (nSPS) is 17.4. The van der Waals surface area contributed by atoms with Crippen LogP contribution in [0.15, 0.2) is 71.7 Å². The molecule has 1 saturated carbocycles. The molecule has 0 unspecified atom stereocenters. The number of piperidine rings is 1. The molecular weight excluding hydrogens is 594 g/mol. The molecule has 2 amide bonds. The SMILES string of the molecule is Cn1cc(-c2cccc(N3CCc4cc(C5CC5)ccc4C3=O)c2CO)nc(Nc2ccc(C(=O)N3CCC(C)(O)CC3)cc2)c1=O. The van der Waals surface area contributed by atoms with Crippen LogP contribution in [0.2, 0.25) is 0 Å². The Kier molecular flexibility index (Phi) is 7.93. The van der Waals surface area contributed by atoms with E-state index in [1.807, 2.05) is 24.3 Å². The van der Waals surface area contributed by atoms with Crippen LogP contribution in [0.4, 0.5) is 17.2 Å². The second-order valence-electron chi connectivity index (χ2n) is 13.2. The number of amides is 2. The highest BCUT2D eigenvalue weighted by Crippen LogP contribution is 2.41. The number of anilines is 3. The molecule has 1 saturated heterocycles. The van der Waals surface area contributed by atoms with Crippen LogP contribution in [0.25, 0.3) is 11.3 Å². The van der Waals surface area contributed by atoms with E-state index in [0.29, 0.717) is 77.7 Å². The molecule has 3 aliphatic rings. The lowest BCUT2D eigenvalue weighted by atomic mass is 9.93. The van der Waals surface area contributed by atoms with E-state index in [4.69, 9.17) is 0 Å². The molecule has 10 heteroatoms. The van der Waals surface area contributed by atoms with Crippen molar-refractivity contribution < 1.29 is 19.8 Å². The summed E-state index contributed by atoms with van der Waals surface area (Å²) in [5.74, 6) is 0.517. The number of carbonyl (C=O) groups is 2. The monoisotopic (exact) mass is 633 g/mol. The number of carbonyl (C=O) groups excluding carboxylic acids is 2. The highest BCUT2D eigenvalue weighted by molar-refractivity contribution is 6.09. The summed E-state index contributed by atoms with van der Waals surface area (Å²) in [6.07, 6.45) is 5.84. The maximum atomic E-state index is 13.7. The number of aliphatic hydroxyl groups is 2. The number of nitrogens with zero attached hydrogens (tertiary/aromatic N) is 4. The second kappa shape index (κ2) is 12.1. The minimum atomic E-state index is -0.742. The van der Waals surface area contributed by atoms with Crippen LogP contribution < -0.4 is 15.8 Å². The van der Waals surface area contributed by atoms with E-state index in [9.17, 15) is 24.6 Å². The zero-order valence-electron chi connectivity index (χ0n) is 26.7. The minimum Gasteiger partial charge on any atom is -0.392 e. The van der Waals surface area contributed by atoms with Gasteiger partial charge in [-0.1, -0.05) is 24.3 Å². The Morgan fingerprint density at radius 1 is 1.00 bits per heavy atom. The van der Waals surface area contributed by atoms with Gasteiger partial charge in [-0.2, -0.15) is 0 Å². The van der Waals surface area contributed by atoms with E-state index >= 15 is 0 Å². The topological polar surface area (TPSA) is 128 Å². The molecule has 3 aromatic carbocycles. The van der Waals surface area contributed by atoms with Gasteiger partial charge in [0.15, 0.2) is 5.82 Å². The molecule has 47 heavy (non-hydrogen) atoms. The van der Waals surface area contributed by atoms with Crippen molar-refractivity contribution in [3.63, 3.8) is 0 Å². The average molecular weight is 634 g/mol. The fraction of sp³-hybridized carbons (Fsp3) is 0.351. The molecule has 3 heterocycles. The van der Waals surface area contributed by atoms with E-state index in [-0.39, 0.29) is 29.8 Å². The Balaban J connectivity index is 1.14. The minimum absolute atomic E-state index is 0.0890. The van der Waals surface area contributed by atoms with E-state index < -0.39 is 5.60 Å². The van der Waals surface area contributed by atoms with Crippen LogP contribution in [0.3, 0.4) is 0 Å². The van der Waals surface area contributed by atoms with Gasteiger partial charge in [-0.25, -0.2) is 4.98 Å². The van der Waals surface area contributed by atoms with Gasteiger partial charge >= 0.3 is 0 Å². The molecule has 0 bridgehead atoms. The third-order valence-corrected chi connectivity index (χ3v) is 9.73. The van der Waals surface area contributed by atoms with Crippen molar-refractivity contribution in [2.24, 2.45) is 7.05 Å². The standard InChI is InChI=1S/C37H39N5O5/c1-37(47)15-18-41(19-16-37)34(44)24-8-11-27(12-9-24)38-33-36(46)40(2)21-31(39-33)29-4-3-5-32(30(29)22-43)42-17-14-26-20-25(23-6-7-23)10-13-28(26)35(42)45/h3-5,8-13,20-21,23,43,47H,6-7,14-19,22H2,1-2H3,(H,38,39). The Bertz CT molecular complexity index is 1920. The van der Waals surface area contributed by atoms with Gasteiger partial charge < -0.3 is 29.9 Å². The highest BCUT2D eigenvalue weighted by Gasteiger charge is 2.31. The number of aryl methyl sites for hydroxylation is 1. The van der Waals surface area contributed by atoms with Gasteiger partial charge in [-0.05, 0) is 92.5 Å². The van der Waals surface area contributed by atoms with Crippen LogP contribution in [-0.2, 0) is 20.1 Å².